The molecule has 3 aromatic rings. The lowest BCUT2D eigenvalue weighted by atomic mass is 10.2. The Morgan fingerprint density at radius 2 is 1.52 bits per heavy atom. The standard InChI is InChI=1S/C19H19F2N5O2S/c20-17(21)18-23-14-6-2-1-5-13(14)19(24-18)26-11-9-25(10-12-26)15-7-3-4-8-16(15)29(22,27)28/h1-8,17H,9-12H2,(H2,22,27,28). The summed E-state index contributed by atoms with van der Waals surface area (Å²) in [6.07, 6.45) is -2.76. The number of fused-ring (bicyclic) bond motifs is 1. The van der Waals surface area contributed by atoms with Crippen LogP contribution in [-0.4, -0.2) is 44.6 Å². The van der Waals surface area contributed by atoms with Gasteiger partial charge < -0.3 is 9.80 Å². The first-order chi connectivity index (χ1) is 13.8. The average Bonchev–Trinajstić information content (AvgIpc) is 2.72. The number of alkyl halides is 2. The number of halogens is 2. The van der Waals surface area contributed by atoms with Crippen LogP contribution in [0.2, 0.25) is 0 Å². The van der Waals surface area contributed by atoms with Gasteiger partial charge in [0.25, 0.3) is 6.43 Å². The molecule has 1 aliphatic heterocycles. The lowest BCUT2D eigenvalue weighted by Gasteiger charge is -2.37. The molecule has 0 amide bonds. The number of nitrogens with two attached hydrogens (primary N) is 1. The molecule has 0 spiro atoms. The van der Waals surface area contributed by atoms with Gasteiger partial charge in [0.05, 0.1) is 11.2 Å². The van der Waals surface area contributed by atoms with Crippen molar-refractivity contribution >= 4 is 32.4 Å². The number of hydrogen-bond donors (Lipinski definition) is 1. The second-order valence-electron chi connectivity index (χ2n) is 6.71. The Balaban J connectivity index is 1.63. The van der Waals surface area contributed by atoms with Gasteiger partial charge in [-0.05, 0) is 24.3 Å². The van der Waals surface area contributed by atoms with Crippen molar-refractivity contribution in [1.82, 2.24) is 9.97 Å². The zero-order valence-electron chi connectivity index (χ0n) is 15.4. The van der Waals surface area contributed by atoms with E-state index in [4.69, 9.17) is 5.14 Å². The fourth-order valence-electron chi connectivity index (χ4n) is 3.53. The predicted octanol–water partition coefficient (Wildman–Crippen LogP) is 2.54. The highest BCUT2D eigenvalue weighted by molar-refractivity contribution is 7.89. The first kappa shape index (κ1) is 19.5. The molecule has 1 aliphatic rings. The molecule has 0 atom stereocenters. The van der Waals surface area contributed by atoms with Gasteiger partial charge in [-0.15, -0.1) is 0 Å². The highest BCUT2D eigenvalue weighted by Crippen LogP contribution is 2.30. The maximum absolute atomic E-state index is 13.3. The molecule has 29 heavy (non-hydrogen) atoms. The molecule has 1 saturated heterocycles. The molecule has 2 aromatic carbocycles. The van der Waals surface area contributed by atoms with Crippen molar-refractivity contribution < 1.29 is 17.2 Å². The summed E-state index contributed by atoms with van der Waals surface area (Å²) in [5.74, 6) is -0.0361. The van der Waals surface area contributed by atoms with Crippen molar-refractivity contribution in [2.24, 2.45) is 5.14 Å². The first-order valence-electron chi connectivity index (χ1n) is 9.01. The molecule has 0 saturated carbocycles. The Morgan fingerprint density at radius 1 is 0.897 bits per heavy atom. The highest BCUT2D eigenvalue weighted by Gasteiger charge is 2.25. The number of aromatic nitrogens is 2. The van der Waals surface area contributed by atoms with Gasteiger partial charge in [0.1, 0.15) is 10.7 Å². The number of sulfonamides is 1. The Kier molecular flexibility index (Phi) is 5.05. The molecule has 2 heterocycles. The van der Waals surface area contributed by atoms with Gasteiger partial charge in [-0.2, -0.15) is 0 Å². The van der Waals surface area contributed by atoms with Gasteiger partial charge >= 0.3 is 0 Å². The van der Waals surface area contributed by atoms with Crippen LogP contribution in [0.3, 0.4) is 0 Å². The molecule has 7 nitrogen and oxygen atoms in total. The van der Waals surface area contributed by atoms with Crippen LogP contribution in [0.15, 0.2) is 53.4 Å². The molecular formula is C19H19F2N5O2S. The summed E-state index contributed by atoms with van der Waals surface area (Å²) in [6, 6.07) is 13.6. The van der Waals surface area contributed by atoms with Crippen LogP contribution < -0.4 is 14.9 Å². The van der Waals surface area contributed by atoms with Crippen molar-refractivity contribution in [1.29, 1.82) is 0 Å². The molecule has 1 aromatic heterocycles. The molecule has 0 unspecified atom stereocenters. The van der Waals surface area contributed by atoms with Gasteiger partial charge in [-0.1, -0.05) is 24.3 Å². The van der Waals surface area contributed by atoms with Gasteiger partial charge in [0.15, 0.2) is 5.82 Å². The smallest absolute Gasteiger partial charge is 0.297 e. The van der Waals surface area contributed by atoms with E-state index in [0.717, 1.165) is 0 Å². The third kappa shape index (κ3) is 3.85. The van der Waals surface area contributed by atoms with Crippen molar-refractivity contribution in [3.05, 3.63) is 54.4 Å². The molecule has 0 bridgehead atoms. The number of para-hydroxylation sites is 2. The quantitative estimate of drug-likeness (QED) is 0.699. The van der Waals surface area contributed by atoms with Crippen LogP contribution >= 0.6 is 0 Å². The average molecular weight is 419 g/mol. The third-order valence-corrected chi connectivity index (χ3v) is 5.85. The summed E-state index contributed by atoms with van der Waals surface area (Å²) in [5, 5.41) is 6.04. The minimum absolute atomic E-state index is 0.0703. The van der Waals surface area contributed by atoms with Crippen LogP contribution in [0.25, 0.3) is 10.9 Å². The number of nitrogens with zero attached hydrogens (tertiary/aromatic N) is 4. The van der Waals surface area contributed by atoms with E-state index in [1.165, 1.54) is 6.07 Å². The number of benzene rings is 2. The van der Waals surface area contributed by atoms with Crippen LogP contribution in [0, 0.1) is 0 Å². The lowest BCUT2D eigenvalue weighted by molar-refractivity contribution is 0.141. The van der Waals surface area contributed by atoms with Gasteiger partial charge in [0, 0.05) is 31.6 Å². The Bertz CT molecular complexity index is 1150. The Morgan fingerprint density at radius 3 is 2.21 bits per heavy atom. The first-order valence-corrected chi connectivity index (χ1v) is 10.6. The van der Waals surface area contributed by atoms with Crippen molar-refractivity contribution in [2.75, 3.05) is 36.0 Å². The zero-order chi connectivity index (χ0) is 20.6. The number of anilines is 2. The van der Waals surface area contributed by atoms with E-state index >= 15 is 0 Å². The minimum Gasteiger partial charge on any atom is -0.367 e. The van der Waals surface area contributed by atoms with E-state index in [2.05, 4.69) is 9.97 Å². The molecule has 4 rings (SSSR count). The van der Waals surface area contributed by atoms with Crippen LogP contribution in [0.4, 0.5) is 20.3 Å². The van der Waals surface area contributed by atoms with Gasteiger partial charge in [-0.3, -0.25) is 0 Å². The summed E-state index contributed by atoms with van der Waals surface area (Å²) in [5.41, 5.74) is 1.00. The van der Waals surface area contributed by atoms with E-state index in [0.29, 0.717) is 48.6 Å². The van der Waals surface area contributed by atoms with E-state index in [-0.39, 0.29) is 4.90 Å². The molecule has 0 radical (unpaired) electrons. The number of piperazine rings is 1. The fraction of sp³-hybridized carbons (Fsp3) is 0.263. The van der Waals surface area contributed by atoms with E-state index in [9.17, 15) is 17.2 Å². The second kappa shape index (κ2) is 7.53. The van der Waals surface area contributed by atoms with E-state index in [1.54, 1.807) is 30.3 Å². The maximum Gasteiger partial charge on any atom is 0.297 e. The molecule has 1 fully saturated rings. The minimum atomic E-state index is -3.85. The Hall–Kier alpha value is -2.85. The molecule has 2 N–H and O–H groups in total. The highest BCUT2D eigenvalue weighted by atomic mass is 32.2. The molecule has 152 valence electrons. The van der Waals surface area contributed by atoms with E-state index < -0.39 is 22.3 Å². The third-order valence-electron chi connectivity index (χ3n) is 4.89. The van der Waals surface area contributed by atoms with Crippen LogP contribution in [0.5, 0.6) is 0 Å². The monoisotopic (exact) mass is 419 g/mol. The van der Waals surface area contributed by atoms with E-state index in [1.807, 2.05) is 21.9 Å². The Labute approximate surface area is 166 Å². The summed E-state index contributed by atoms with van der Waals surface area (Å²) in [7, 11) is -3.85. The number of rotatable bonds is 4. The molecular weight excluding hydrogens is 400 g/mol. The van der Waals surface area contributed by atoms with Crippen LogP contribution in [-0.2, 0) is 10.0 Å². The van der Waals surface area contributed by atoms with Gasteiger partial charge in [-0.25, -0.2) is 32.3 Å². The SMILES string of the molecule is NS(=O)(=O)c1ccccc1N1CCN(c2nc(C(F)F)nc3ccccc23)CC1. The van der Waals surface area contributed by atoms with Crippen molar-refractivity contribution in [2.45, 2.75) is 11.3 Å². The molecule has 10 heteroatoms. The van der Waals surface area contributed by atoms with Crippen molar-refractivity contribution in [3.8, 4) is 0 Å². The second-order valence-corrected chi connectivity index (χ2v) is 8.24. The summed E-state index contributed by atoms with van der Waals surface area (Å²) in [6.45, 7) is 1.97. The summed E-state index contributed by atoms with van der Waals surface area (Å²) < 4.78 is 50.3. The topological polar surface area (TPSA) is 92.4 Å². The van der Waals surface area contributed by atoms with Crippen LogP contribution in [0.1, 0.15) is 12.2 Å². The maximum atomic E-state index is 13.3. The summed E-state index contributed by atoms with van der Waals surface area (Å²) >= 11 is 0. The largest absolute Gasteiger partial charge is 0.367 e. The fourth-order valence-corrected chi connectivity index (χ4v) is 4.29. The number of primary sulfonamides is 1. The summed E-state index contributed by atoms with van der Waals surface area (Å²) in [4.78, 5) is 12.0. The van der Waals surface area contributed by atoms with Gasteiger partial charge in [0.2, 0.25) is 10.0 Å². The molecule has 0 aliphatic carbocycles. The zero-order valence-corrected chi connectivity index (χ0v) is 16.2. The van der Waals surface area contributed by atoms with Crippen molar-refractivity contribution in [3.63, 3.8) is 0 Å². The normalized spacial score (nSPS) is 15.3. The lowest BCUT2D eigenvalue weighted by Crippen LogP contribution is -2.47. The number of hydrogen-bond acceptors (Lipinski definition) is 6. The predicted molar refractivity (Wildman–Crippen MR) is 107 cm³/mol.